The number of halogens is 1. The minimum Gasteiger partial charge on any atom is -0.478 e. The van der Waals surface area contributed by atoms with Crippen LogP contribution in [-0.4, -0.2) is 16.1 Å². The number of carboxylic acids is 1. The number of hydrogen-bond donors (Lipinski definition) is 2. The van der Waals surface area contributed by atoms with E-state index >= 15 is 0 Å². The Balaban J connectivity index is 2.40. The molecule has 0 aliphatic carbocycles. The number of carbonyl (C=O) groups is 1. The third kappa shape index (κ3) is 1.96. The first-order chi connectivity index (χ1) is 10.1. The van der Waals surface area contributed by atoms with Crippen molar-refractivity contribution < 1.29 is 14.3 Å². The second-order valence-corrected chi connectivity index (χ2v) is 4.55. The van der Waals surface area contributed by atoms with Crippen LogP contribution in [-0.2, 0) is 0 Å². The highest BCUT2D eigenvalue weighted by Crippen LogP contribution is 2.33. The second kappa shape index (κ2) is 4.80. The fourth-order valence-electron chi connectivity index (χ4n) is 2.43. The summed E-state index contributed by atoms with van der Waals surface area (Å²) in [5, 5.41) is 10.0. The molecule has 0 bridgehead atoms. The molecule has 0 saturated carbocycles. The Morgan fingerprint density at radius 3 is 2.76 bits per heavy atom. The third-order valence-corrected chi connectivity index (χ3v) is 3.38. The molecular weight excluding hydrogens is 269 g/mol. The molecule has 0 amide bonds. The lowest BCUT2D eigenvalue weighted by Gasteiger charge is -2.11. The lowest BCUT2D eigenvalue weighted by atomic mass is 9.93. The van der Waals surface area contributed by atoms with E-state index in [9.17, 15) is 14.3 Å². The zero-order valence-electron chi connectivity index (χ0n) is 10.9. The minimum absolute atomic E-state index is 0.0183. The fourth-order valence-corrected chi connectivity index (χ4v) is 2.43. The van der Waals surface area contributed by atoms with Crippen molar-refractivity contribution in [2.45, 2.75) is 0 Å². The van der Waals surface area contributed by atoms with Crippen molar-refractivity contribution in [1.29, 1.82) is 0 Å². The lowest BCUT2D eigenvalue weighted by Crippen LogP contribution is -2.02. The van der Waals surface area contributed by atoms with Gasteiger partial charge in [-0.2, -0.15) is 0 Å². The Kier molecular flexibility index (Phi) is 2.96. The smallest absolute Gasteiger partial charge is 0.336 e. The second-order valence-electron chi connectivity index (χ2n) is 4.55. The standard InChI is InChI=1S/C17H10FNO2/c1-2-10-4-3-5-13(17(20)21)14(10)12-7-6-11-8-9-19-16(11)15(12)18/h1,3-9,19H,(H,20,21). The zero-order valence-corrected chi connectivity index (χ0v) is 10.9. The topological polar surface area (TPSA) is 53.1 Å². The third-order valence-electron chi connectivity index (χ3n) is 3.38. The number of aromatic carboxylic acids is 1. The molecule has 0 aliphatic heterocycles. The molecule has 0 aliphatic rings. The van der Waals surface area contributed by atoms with Crippen molar-refractivity contribution in [2.24, 2.45) is 0 Å². The van der Waals surface area contributed by atoms with Crippen LogP contribution in [0.4, 0.5) is 4.39 Å². The van der Waals surface area contributed by atoms with E-state index in [1.807, 2.05) is 0 Å². The van der Waals surface area contributed by atoms with Gasteiger partial charge in [0.25, 0.3) is 0 Å². The molecular formula is C17H10FNO2. The number of nitrogens with one attached hydrogen (secondary N) is 1. The molecule has 0 unspecified atom stereocenters. The molecule has 0 saturated heterocycles. The number of hydrogen-bond acceptors (Lipinski definition) is 1. The van der Waals surface area contributed by atoms with Gasteiger partial charge in [-0.05, 0) is 18.2 Å². The number of fused-ring (bicyclic) bond motifs is 1. The van der Waals surface area contributed by atoms with Crippen LogP contribution in [0.5, 0.6) is 0 Å². The molecule has 2 N–H and O–H groups in total. The number of H-pyrrole nitrogens is 1. The number of aromatic amines is 1. The summed E-state index contributed by atoms with van der Waals surface area (Å²) in [6, 6.07) is 9.58. The van der Waals surface area contributed by atoms with Crippen molar-refractivity contribution in [2.75, 3.05) is 0 Å². The maximum absolute atomic E-state index is 14.7. The SMILES string of the molecule is C#Cc1cccc(C(=O)O)c1-c1ccc2cc[nH]c2c1F. The van der Waals surface area contributed by atoms with Crippen LogP contribution in [0.15, 0.2) is 42.6 Å². The normalized spacial score (nSPS) is 10.5. The highest BCUT2D eigenvalue weighted by atomic mass is 19.1. The summed E-state index contributed by atoms with van der Waals surface area (Å²) in [5.74, 6) is 0.762. The van der Waals surface area contributed by atoms with Crippen molar-refractivity contribution >= 4 is 16.9 Å². The van der Waals surface area contributed by atoms with Gasteiger partial charge in [0.05, 0.1) is 11.1 Å². The van der Waals surface area contributed by atoms with Crippen LogP contribution >= 0.6 is 0 Å². The first kappa shape index (κ1) is 12.9. The minimum atomic E-state index is -1.15. The molecule has 102 valence electrons. The Morgan fingerprint density at radius 2 is 2.05 bits per heavy atom. The number of aromatic nitrogens is 1. The summed E-state index contributed by atoms with van der Waals surface area (Å²) >= 11 is 0. The summed E-state index contributed by atoms with van der Waals surface area (Å²) in [7, 11) is 0. The van der Waals surface area contributed by atoms with E-state index < -0.39 is 11.8 Å². The van der Waals surface area contributed by atoms with Crippen LogP contribution in [0, 0.1) is 18.2 Å². The number of benzene rings is 2. The van der Waals surface area contributed by atoms with Gasteiger partial charge < -0.3 is 10.1 Å². The molecule has 3 rings (SSSR count). The maximum atomic E-state index is 14.7. The Bertz CT molecular complexity index is 903. The van der Waals surface area contributed by atoms with Crippen LogP contribution in [0.3, 0.4) is 0 Å². The Morgan fingerprint density at radius 1 is 1.24 bits per heavy atom. The number of terminal acetylenes is 1. The van der Waals surface area contributed by atoms with E-state index in [1.165, 1.54) is 6.07 Å². The van der Waals surface area contributed by atoms with E-state index in [0.717, 1.165) is 0 Å². The Labute approximate surface area is 120 Å². The van der Waals surface area contributed by atoms with Gasteiger partial charge in [-0.15, -0.1) is 6.42 Å². The van der Waals surface area contributed by atoms with Crippen molar-refractivity contribution in [3.05, 3.63) is 59.5 Å². The quantitative estimate of drug-likeness (QED) is 0.703. The zero-order chi connectivity index (χ0) is 15.0. The highest BCUT2D eigenvalue weighted by molar-refractivity contribution is 5.99. The van der Waals surface area contributed by atoms with Gasteiger partial charge in [-0.25, -0.2) is 9.18 Å². The van der Waals surface area contributed by atoms with Crippen LogP contribution < -0.4 is 0 Å². The monoisotopic (exact) mass is 279 g/mol. The first-order valence-electron chi connectivity index (χ1n) is 6.22. The summed E-state index contributed by atoms with van der Waals surface area (Å²) in [6.07, 6.45) is 7.05. The van der Waals surface area contributed by atoms with Crippen LogP contribution in [0.2, 0.25) is 0 Å². The summed E-state index contributed by atoms with van der Waals surface area (Å²) in [4.78, 5) is 14.2. The number of rotatable bonds is 2. The largest absolute Gasteiger partial charge is 0.478 e. The number of carboxylic acid groups (broad SMARTS) is 1. The average molecular weight is 279 g/mol. The van der Waals surface area contributed by atoms with E-state index in [2.05, 4.69) is 10.9 Å². The molecule has 1 heterocycles. The molecule has 0 fully saturated rings. The van der Waals surface area contributed by atoms with Crippen molar-refractivity contribution in [3.63, 3.8) is 0 Å². The lowest BCUT2D eigenvalue weighted by molar-refractivity contribution is 0.0697. The van der Waals surface area contributed by atoms with E-state index in [-0.39, 0.29) is 16.7 Å². The summed E-state index contributed by atoms with van der Waals surface area (Å²) in [6.45, 7) is 0. The molecule has 0 atom stereocenters. The van der Waals surface area contributed by atoms with Gasteiger partial charge in [0.15, 0.2) is 5.82 Å². The molecule has 2 aromatic carbocycles. The van der Waals surface area contributed by atoms with E-state index in [1.54, 1.807) is 36.5 Å². The van der Waals surface area contributed by atoms with Crippen molar-refractivity contribution in [1.82, 2.24) is 4.98 Å². The van der Waals surface area contributed by atoms with Gasteiger partial charge in [0, 0.05) is 28.3 Å². The van der Waals surface area contributed by atoms with Crippen molar-refractivity contribution in [3.8, 4) is 23.5 Å². The van der Waals surface area contributed by atoms with Crippen LogP contribution in [0.1, 0.15) is 15.9 Å². The predicted molar refractivity (Wildman–Crippen MR) is 78.6 cm³/mol. The van der Waals surface area contributed by atoms with Gasteiger partial charge in [0.2, 0.25) is 0 Å². The molecule has 3 aromatic rings. The molecule has 4 heteroatoms. The maximum Gasteiger partial charge on any atom is 0.336 e. The van der Waals surface area contributed by atoms with Gasteiger partial charge in [0.1, 0.15) is 0 Å². The van der Waals surface area contributed by atoms with Crippen LogP contribution in [0.25, 0.3) is 22.0 Å². The summed E-state index contributed by atoms with van der Waals surface area (Å²) < 4.78 is 14.7. The van der Waals surface area contributed by atoms with E-state index in [0.29, 0.717) is 16.5 Å². The molecule has 3 nitrogen and oxygen atoms in total. The molecule has 0 spiro atoms. The summed E-state index contributed by atoms with van der Waals surface area (Å²) in [5.41, 5.74) is 1.06. The molecule has 1 aromatic heterocycles. The van der Waals surface area contributed by atoms with Gasteiger partial charge >= 0.3 is 5.97 Å². The fraction of sp³-hybridized carbons (Fsp3) is 0. The van der Waals surface area contributed by atoms with Gasteiger partial charge in [-0.1, -0.05) is 24.1 Å². The van der Waals surface area contributed by atoms with Gasteiger partial charge in [-0.3, -0.25) is 0 Å². The Hall–Kier alpha value is -3.06. The van der Waals surface area contributed by atoms with E-state index in [4.69, 9.17) is 6.42 Å². The average Bonchev–Trinajstić information content (AvgIpc) is 2.96. The molecule has 0 radical (unpaired) electrons. The first-order valence-corrected chi connectivity index (χ1v) is 6.22. The predicted octanol–water partition coefficient (Wildman–Crippen LogP) is 3.65. The highest BCUT2D eigenvalue weighted by Gasteiger charge is 2.19. The molecule has 21 heavy (non-hydrogen) atoms.